The first-order chi connectivity index (χ1) is 14.9. The fourth-order valence-corrected chi connectivity index (χ4v) is 4.44. The van der Waals surface area contributed by atoms with Gasteiger partial charge in [0.05, 0.1) is 0 Å². The molecule has 0 saturated carbocycles. The smallest absolute Gasteiger partial charge is 0.0351 e. The van der Waals surface area contributed by atoms with Crippen LogP contribution >= 0.6 is 0 Å². The van der Waals surface area contributed by atoms with Crippen molar-refractivity contribution in [1.29, 1.82) is 0 Å². The molecule has 0 aliphatic rings. The highest BCUT2D eigenvalue weighted by Gasteiger charge is 1.94. The van der Waals surface area contributed by atoms with Gasteiger partial charge in [-0.05, 0) is 25.7 Å². The number of hydrogen-bond donors (Lipinski definition) is 0. The van der Waals surface area contributed by atoms with Gasteiger partial charge in [-0.3, -0.25) is 0 Å². The average Bonchev–Trinajstić information content (AvgIpc) is 2.76. The van der Waals surface area contributed by atoms with Crippen molar-refractivity contribution >= 4 is 0 Å². The van der Waals surface area contributed by atoms with E-state index in [4.69, 9.17) is 0 Å². The van der Waals surface area contributed by atoms with Gasteiger partial charge < -0.3 is 0 Å². The van der Waals surface area contributed by atoms with Crippen LogP contribution in [0.2, 0.25) is 0 Å². The Hall–Kier alpha value is -0.260. The van der Waals surface area contributed by atoms with Gasteiger partial charge in [-0.2, -0.15) is 0 Å². The second-order valence-electron chi connectivity index (χ2n) is 9.83. The molecular weight excluding hydrogens is 360 g/mol. The summed E-state index contributed by atoms with van der Waals surface area (Å²) in [5.74, 6) is 0. The first kappa shape index (κ1) is 29.7. The third-order valence-corrected chi connectivity index (χ3v) is 6.62. The van der Waals surface area contributed by atoms with E-state index < -0.39 is 0 Å². The largest absolute Gasteiger partial charge is 0.0885 e. The van der Waals surface area contributed by atoms with E-state index in [1.807, 2.05) is 0 Å². The highest BCUT2D eigenvalue weighted by Crippen LogP contribution is 2.14. The maximum Gasteiger partial charge on any atom is -0.0351 e. The third-order valence-electron chi connectivity index (χ3n) is 6.62. The number of unbranched alkanes of at least 4 members (excludes halogenated alkanes) is 24. The topological polar surface area (TPSA) is 0 Å². The lowest BCUT2D eigenvalue weighted by molar-refractivity contribution is 0.544. The lowest BCUT2D eigenvalue weighted by Crippen LogP contribution is -1.82. The molecule has 0 N–H and O–H groups in total. The maximum atomic E-state index is 2.45. The second kappa shape index (κ2) is 28.7. The van der Waals surface area contributed by atoms with Gasteiger partial charge in [0.1, 0.15) is 0 Å². The molecule has 30 heavy (non-hydrogen) atoms. The Morgan fingerprint density at radius 2 is 0.467 bits per heavy atom. The van der Waals surface area contributed by atoms with Crippen LogP contribution in [0, 0.1) is 0 Å². The summed E-state index contributed by atoms with van der Waals surface area (Å²) < 4.78 is 0. The van der Waals surface area contributed by atoms with E-state index in [1.54, 1.807) is 0 Å². The molecule has 0 radical (unpaired) electrons. The van der Waals surface area contributed by atoms with Gasteiger partial charge in [-0.25, -0.2) is 0 Å². The van der Waals surface area contributed by atoms with Gasteiger partial charge in [0.25, 0.3) is 0 Å². The summed E-state index contributed by atoms with van der Waals surface area (Å²) in [6.07, 6.45) is 42.4. The minimum atomic E-state index is 1.32. The maximum absolute atomic E-state index is 2.45. The molecule has 0 saturated heterocycles. The number of hydrogen-bond acceptors (Lipinski definition) is 0. The molecule has 0 aliphatic carbocycles. The summed E-state index contributed by atoms with van der Waals surface area (Å²) in [7, 11) is 0. The van der Waals surface area contributed by atoms with Crippen LogP contribution in [-0.2, 0) is 0 Å². The van der Waals surface area contributed by atoms with Gasteiger partial charge in [-0.15, -0.1) is 0 Å². The molecule has 0 amide bonds. The number of allylic oxidation sites excluding steroid dienone is 2. The van der Waals surface area contributed by atoms with Crippen LogP contribution in [0.1, 0.15) is 181 Å². The van der Waals surface area contributed by atoms with Crippen LogP contribution in [0.5, 0.6) is 0 Å². The third kappa shape index (κ3) is 27.7. The van der Waals surface area contributed by atoms with Crippen LogP contribution in [-0.4, -0.2) is 0 Å². The van der Waals surface area contributed by atoms with E-state index >= 15 is 0 Å². The number of rotatable bonds is 26. The van der Waals surface area contributed by atoms with Crippen molar-refractivity contribution in [3.8, 4) is 0 Å². The molecule has 0 spiro atoms. The summed E-state index contributed by atoms with van der Waals surface area (Å²) in [5, 5.41) is 0. The van der Waals surface area contributed by atoms with E-state index in [2.05, 4.69) is 26.0 Å². The van der Waals surface area contributed by atoms with E-state index in [9.17, 15) is 0 Å². The fraction of sp³-hybridized carbons (Fsp3) is 0.933. The summed E-state index contributed by atoms with van der Waals surface area (Å²) in [6.45, 7) is 4.60. The molecule has 0 aromatic heterocycles. The Morgan fingerprint density at radius 1 is 0.267 bits per heavy atom. The first-order valence-electron chi connectivity index (χ1n) is 14.6. The predicted molar refractivity (Wildman–Crippen MR) is 141 cm³/mol. The molecule has 0 heteroatoms. The molecule has 0 fully saturated rings. The zero-order chi connectivity index (χ0) is 21.8. The van der Waals surface area contributed by atoms with Crippen molar-refractivity contribution in [1.82, 2.24) is 0 Å². The minimum absolute atomic E-state index is 1.32. The first-order valence-corrected chi connectivity index (χ1v) is 14.6. The van der Waals surface area contributed by atoms with Crippen molar-refractivity contribution in [3.05, 3.63) is 12.2 Å². The predicted octanol–water partition coefficient (Wildman–Crippen LogP) is 11.7. The zero-order valence-electron chi connectivity index (χ0n) is 21.5. The zero-order valence-corrected chi connectivity index (χ0v) is 21.5. The van der Waals surface area contributed by atoms with Crippen molar-refractivity contribution in [2.24, 2.45) is 0 Å². The summed E-state index contributed by atoms with van der Waals surface area (Å²) in [5.41, 5.74) is 0. The van der Waals surface area contributed by atoms with Gasteiger partial charge in [0, 0.05) is 0 Å². The van der Waals surface area contributed by atoms with Gasteiger partial charge in [-0.1, -0.05) is 167 Å². The Kier molecular flexibility index (Phi) is 28.5. The molecule has 0 rings (SSSR count). The van der Waals surface area contributed by atoms with E-state index in [-0.39, 0.29) is 0 Å². The second-order valence-corrected chi connectivity index (χ2v) is 9.83. The monoisotopic (exact) mass is 420 g/mol. The lowest BCUT2D eigenvalue weighted by Gasteiger charge is -2.02. The lowest BCUT2D eigenvalue weighted by atomic mass is 10.0. The van der Waals surface area contributed by atoms with Crippen molar-refractivity contribution in [2.75, 3.05) is 0 Å². The molecule has 0 aromatic rings. The highest BCUT2D eigenvalue weighted by atomic mass is 14.0. The van der Waals surface area contributed by atoms with Gasteiger partial charge in [0.15, 0.2) is 0 Å². The van der Waals surface area contributed by atoms with Crippen LogP contribution in [0.25, 0.3) is 0 Å². The summed E-state index contributed by atoms with van der Waals surface area (Å²) in [6, 6.07) is 0. The summed E-state index contributed by atoms with van der Waals surface area (Å²) >= 11 is 0. The molecule has 0 aromatic carbocycles. The van der Waals surface area contributed by atoms with Gasteiger partial charge >= 0.3 is 0 Å². The molecule has 180 valence electrons. The molecule has 0 aliphatic heterocycles. The van der Waals surface area contributed by atoms with Crippen LogP contribution in [0.15, 0.2) is 12.2 Å². The SMILES string of the molecule is CCCCCCCCCCCCCCC=CCCCCCCCCCCCCCC. The Morgan fingerprint density at radius 3 is 0.700 bits per heavy atom. The summed E-state index contributed by atoms with van der Waals surface area (Å²) in [4.78, 5) is 0. The molecular formula is C30H60. The fourth-order valence-electron chi connectivity index (χ4n) is 4.44. The van der Waals surface area contributed by atoms with Crippen molar-refractivity contribution in [2.45, 2.75) is 181 Å². The van der Waals surface area contributed by atoms with Crippen LogP contribution in [0.4, 0.5) is 0 Å². The van der Waals surface area contributed by atoms with E-state index in [0.29, 0.717) is 0 Å². The van der Waals surface area contributed by atoms with Crippen molar-refractivity contribution < 1.29 is 0 Å². The van der Waals surface area contributed by atoms with Gasteiger partial charge in [0.2, 0.25) is 0 Å². The van der Waals surface area contributed by atoms with E-state index in [1.165, 1.54) is 167 Å². The molecule has 0 nitrogen and oxygen atoms in total. The quantitative estimate of drug-likeness (QED) is 0.0963. The van der Waals surface area contributed by atoms with Crippen LogP contribution in [0.3, 0.4) is 0 Å². The van der Waals surface area contributed by atoms with Crippen molar-refractivity contribution in [3.63, 3.8) is 0 Å². The highest BCUT2D eigenvalue weighted by molar-refractivity contribution is 4.81. The Bertz CT molecular complexity index is 273. The normalized spacial score (nSPS) is 11.7. The molecule has 0 unspecified atom stereocenters. The standard InChI is InChI=1S/C30H60/c1-3-5-7-9-11-13-15-17-19-21-23-25-27-29-30-28-26-24-22-20-18-16-14-12-10-8-6-4-2/h29-30H,3-28H2,1-2H3. The van der Waals surface area contributed by atoms with E-state index in [0.717, 1.165) is 0 Å². The average molecular weight is 421 g/mol. The molecule has 0 atom stereocenters. The molecule has 0 bridgehead atoms. The Labute approximate surface area is 193 Å². The van der Waals surface area contributed by atoms with Crippen LogP contribution < -0.4 is 0 Å². The Balaban J connectivity index is 3.06. The minimum Gasteiger partial charge on any atom is -0.0885 e. The molecule has 0 heterocycles.